The van der Waals surface area contributed by atoms with Gasteiger partial charge in [0.15, 0.2) is 6.04 Å². The van der Waals surface area contributed by atoms with Gasteiger partial charge < -0.3 is 10.0 Å². The summed E-state index contributed by atoms with van der Waals surface area (Å²) in [5, 5.41) is 9.25. The molecule has 0 heterocycles. The molecule has 1 N–H and O–H groups in total. The van der Waals surface area contributed by atoms with Crippen molar-refractivity contribution in [3.05, 3.63) is 35.4 Å². The number of carbonyl (C=O) groups is 2. The van der Waals surface area contributed by atoms with Gasteiger partial charge in [0.1, 0.15) is 0 Å². The van der Waals surface area contributed by atoms with Crippen LogP contribution in [-0.2, 0) is 9.59 Å². The molecule has 0 aliphatic heterocycles. The van der Waals surface area contributed by atoms with Crippen molar-refractivity contribution in [2.45, 2.75) is 26.8 Å². The van der Waals surface area contributed by atoms with Crippen LogP contribution in [0.25, 0.3) is 0 Å². The fraction of sp³-hybridized carbons (Fsp3) is 0.385. The maximum Gasteiger partial charge on any atom is 0.331 e. The lowest BCUT2D eigenvalue weighted by molar-refractivity contribution is -0.149. The number of likely N-dealkylation sites (N-methyl/N-ethyl adjacent to an activating group) is 1. The molecule has 1 rings (SSSR count). The Hall–Kier alpha value is -1.84. The van der Waals surface area contributed by atoms with Crippen molar-refractivity contribution < 1.29 is 14.7 Å². The maximum atomic E-state index is 11.4. The van der Waals surface area contributed by atoms with Gasteiger partial charge in [0, 0.05) is 13.5 Å². The summed E-state index contributed by atoms with van der Waals surface area (Å²) in [7, 11) is 0. The Bertz CT molecular complexity index is 411. The Morgan fingerprint density at radius 1 is 1.29 bits per heavy atom. The maximum absolute atomic E-state index is 11.4. The first-order chi connectivity index (χ1) is 7.97. The molecule has 1 amide bonds. The van der Waals surface area contributed by atoms with Crippen LogP contribution in [0, 0.1) is 6.92 Å². The molecule has 0 saturated carbocycles. The van der Waals surface area contributed by atoms with E-state index < -0.39 is 12.0 Å². The average molecular weight is 235 g/mol. The first kappa shape index (κ1) is 13.2. The molecule has 1 unspecified atom stereocenters. The number of amides is 1. The average Bonchev–Trinajstić information content (AvgIpc) is 2.26. The first-order valence-electron chi connectivity index (χ1n) is 5.54. The zero-order valence-electron chi connectivity index (χ0n) is 10.3. The molecule has 0 saturated heterocycles. The third kappa shape index (κ3) is 3.06. The number of aliphatic carboxylic acids is 1. The van der Waals surface area contributed by atoms with Crippen LogP contribution in [0.15, 0.2) is 24.3 Å². The van der Waals surface area contributed by atoms with Gasteiger partial charge in [-0.15, -0.1) is 0 Å². The number of nitrogens with zero attached hydrogens (tertiary/aromatic N) is 1. The van der Waals surface area contributed by atoms with E-state index in [0.717, 1.165) is 5.56 Å². The van der Waals surface area contributed by atoms with Gasteiger partial charge in [0.05, 0.1) is 0 Å². The lowest BCUT2D eigenvalue weighted by Gasteiger charge is -2.27. The van der Waals surface area contributed by atoms with Crippen molar-refractivity contribution in [3.8, 4) is 0 Å². The Kier molecular flexibility index (Phi) is 4.26. The van der Waals surface area contributed by atoms with Gasteiger partial charge in [0.2, 0.25) is 5.91 Å². The minimum absolute atomic E-state index is 0.236. The van der Waals surface area contributed by atoms with E-state index in [0.29, 0.717) is 12.1 Å². The smallest absolute Gasteiger partial charge is 0.331 e. The summed E-state index contributed by atoms with van der Waals surface area (Å²) < 4.78 is 0. The van der Waals surface area contributed by atoms with Crippen molar-refractivity contribution in [2.24, 2.45) is 0 Å². The van der Waals surface area contributed by atoms with Crippen molar-refractivity contribution in [1.82, 2.24) is 4.90 Å². The fourth-order valence-corrected chi connectivity index (χ4v) is 1.79. The topological polar surface area (TPSA) is 57.6 Å². The highest BCUT2D eigenvalue weighted by Crippen LogP contribution is 2.21. The predicted octanol–water partition coefficient (Wildman–Crippen LogP) is 1.99. The number of aryl methyl sites for hydroxylation is 1. The number of carboxylic acid groups (broad SMARTS) is 1. The summed E-state index contributed by atoms with van der Waals surface area (Å²) in [4.78, 5) is 24.1. The molecule has 0 aliphatic carbocycles. The molecule has 0 aliphatic rings. The van der Waals surface area contributed by atoms with Gasteiger partial charge >= 0.3 is 5.97 Å². The van der Waals surface area contributed by atoms with Crippen LogP contribution in [0.4, 0.5) is 0 Å². The predicted molar refractivity (Wildman–Crippen MR) is 64.6 cm³/mol. The van der Waals surface area contributed by atoms with E-state index in [1.807, 2.05) is 19.1 Å². The van der Waals surface area contributed by atoms with E-state index in [2.05, 4.69) is 0 Å². The van der Waals surface area contributed by atoms with Crippen LogP contribution in [0.2, 0.25) is 0 Å². The zero-order valence-corrected chi connectivity index (χ0v) is 10.3. The lowest BCUT2D eigenvalue weighted by atomic mass is 10.0. The van der Waals surface area contributed by atoms with E-state index >= 15 is 0 Å². The Morgan fingerprint density at radius 3 is 2.18 bits per heavy atom. The van der Waals surface area contributed by atoms with E-state index in [1.165, 1.54) is 11.8 Å². The summed E-state index contributed by atoms with van der Waals surface area (Å²) in [5.41, 5.74) is 1.68. The number of benzene rings is 1. The standard InChI is InChI=1S/C13H17NO3/c1-4-14(10(3)15)12(13(16)17)11-7-5-9(2)6-8-11/h5-8,12H,4H2,1-3H3,(H,16,17). The summed E-state index contributed by atoms with van der Waals surface area (Å²) in [6.07, 6.45) is 0. The van der Waals surface area contributed by atoms with Crippen LogP contribution in [0.1, 0.15) is 31.0 Å². The Balaban J connectivity index is 3.12. The summed E-state index contributed by atoms with van der Waals surface area (Å²) >= 11 is 0. The van der Waals surface area contributed by atoms with Crippen LogP contribution in [0.5, 0.6) is 0 Å². The highest BCUT2D eigenvalue weighted by molar-refractivity contribution is 5.83. The van der Waals surface area contributed by atoms with Crippen molar-refractivity contribution in [1.29, 1.82) is 0 Å². The fourth-order valence-electron chi connectivity index (χ4n) is 1.79. The molecule has 0 bridgehead atoms. The molecular weight excluding hydrogens is 218 g/mol. The molecule has 0 aromatic heterocycles. The van der Waals surface area contributed by atoms with E-state index in [4.69, 9.17) is 0 Å². The summed E-state index contributed by atoms with van der Waals surface area (Å²) in [6.45, 7) is 5.46. The normalized spacial score (nSPS) is 11.9. The second-order valence-corrected chi connectivity index (χ2v) is 3.96. The molecule has 1 aromatic carbocycles. The Labute approximate surface area is 101 Å². The third-order valence-electron chi connectivity index (χ3n) is 2.68. The van der Waals surface area contributed by atoms with Gasteiger partial charge in [-0.05, 0) is 19.4 Å². The first-order valence-corrected chi connectivity index (χ1v) is 5.54. The minimum Gasteiger partial charge on any atom is -0.479 e. The van der Waals surface area contributed by atoms with Crippen molar-refractivity contribution in [2.75, 3.05) is 6.54 Å². The molecular formula is C13H17NO3. The van der Waals surface area contributed by atoms with Gasteiger partial charge in [-0.25, -0.2) is 4.79 Å². The van der Waals surface area contributed by atoms with Gasteiger partial charge in [0.25, 0.3) is 0 Å². The second kappa shape index (κ2) is 5.48. The highest BCUT2D eigenvalue weighted by atomic mass is 16.4. The summed E-state index contributed by atoms with van der Waals surface area (Å²) in [5.74, 6) is -1.24. The van der Waals surface area contributed by atoms with E-state index in [-0.39, 0.29) is 5.91 Å². The summed E-state index contributed by atoms with van der Waals surface area (Å²) in [6, 6.07) is 6.29. The minimum atomic E-state index is -1.01. The van der Waals surface area contributed by atoms with Crippen LogP contribution in [-0.4, -0.2) is 28.4 Å². The SMILES string of the molecule is CCN(C(C)=O)C(C(=O)O)c1ccc(C)cc1. The van der Waals surface area contributed by atoms with Gasteiger partial charge in [-0.2, -0.15) is 0 Å². The number of carboxylic acids is 1. The number of hydrogen-bond donors (Lipinski definition) is 1. The van der Waals surface area contributed by atoms with Gasteiger partial charge in [-0.1, -0.05) is 29.8 Å². The molecule has 4 nitrogen and oxygen atoms in total. The third-order valence-corrected chi connectivity index (χ3v) is 2.68. The molecule has 17 heavy (non-hydrogen) atoms. The Morgan fingerprint density at radius 2 is 1.82 bits per heavy atom. The van der Waals surface area contributed by atoms with Crippen LogP contribution in [0.3, 0.4) is 0 Å². The molecule has 92 valence electrons. The molecule has 1 atom stereocenters. The monoisotopic (exact) mass is 235 g/mol. The number of rotatable bonds is 4. The van der Waals surface area contributed by atoms with Gasteiger partial charge in [-0.3, -0.25) is 4.79 Å². The highest BCUT2D eigenvalue weighted by Gasteiger charge is 2.27. The van der Waals surface area contributed by atoms with Crippen LogP contribution >= 0.6 is 0 Å². The van der Waals surface area contributed by atoms with E-state index in [9.17, 15) is 14.7 Å². The lowest BCUT2D eigenvalue weighted by Crippen LogP contribution is -2.37. The molecule has 1 aromatic rings. The molecule has 4 heteroatoms. The zero-order chi connectivity index (χ0) is 13.0. The number of hydrogen-bond acceptors (Lipinski definition) is 2. The van der Waals surface area contributed by atoms with E-state index in [1.54, 1.807) is 19.1 Å². The molecule has 0 radical (unpaired) electrons. The molecule has 0 spiro atoms. The largest absolute Gasteiger partial charge is 0.479 e. The second-order valence-electron chi connectivity index (χ2n) is 3.96. The quantitative estimate of drug-likeness (QED) is 0.868. The number of carbonyl (C=O) groups excluding carboxylic acids is 1. The van der Waals surface area contributed by atoms with Crippen molar-refractivity contribution >= 4 is 11.9 Å². The molecule has 0 fully saturated rings. The van der Waals surface area contributed by atoms with Crippen LogP contribution < -0.4 is 0 Å². The van der Waals surface area contributed by atoms with Crippen molar-refractivity contribution in [3.63, 3.8) is 0 Å².